The van der Waals surface area contributed by atoms with Gasteiger partial charge in [-0.15, -0.1) is 5.10 Å². The highest BCUT2D eigenvalue weighted by molar-refractivity contribution is 6.01. The van der Waals surface area contributed by atoms with Crippen molar-refractivity contribution in [2.45, 2.75) is 75.5 Å². The highest BCUT2D eigenvalue weighted by atomic mass is 19.1. The van der Waals surface area contributed by atoms with Gasteiger partial charge in [0.05, 0.1) is 24.3 Å². The van der Waals surface area contributed by atoms with Crippen LogP contribution in [0.1, 0.15) is 69.6 Å². The lowest BCUT2D eigenvalue weighted by Crippen LogP contribution is -2.52. The minimum Gasteiger partial charge on any atom is -0.481 e. The minimum absolute atomic E-state index is 0.0913. The average molecular weight is 1190 g/mol. The molecule has 2 fully saturated rings. The third kappa shape index (κ3) is 19.1. The molecule has 0 aliphatic carbocycles. The third-order valence-corrected chi connectivity index (χ3v) is 13.5. The van der Waals surface area contributed by atoms with Gasteiger partial charge in [-0.2, -0.15) is 0 Å². The van der Waals surface area contributed by atoms with Gasteiger partial charge in [0.25, 0.3) is 11.8 Å². The van der Waals surface area contributed by atoms with Crippen LogP contribution in [0.4, 0.5) is 34.9 Å². The average Bonchev–Trinajstić information content (AvgIpc) is 4.12. The number of aromatic nitrogens is 3. The van der Waals surface area contributed by atoms with Crippen LogP contribution in [0.3, 0.4) is 0 Å². The predicted molar refractivity (Wildman–Crippen MR) is 292 cm³/mol. The molecule has 4 aromatic rings. The first-order valence-electron chi connectivity index (χ1n) is 26.5. The SMILES string of the molecule is O=C(O)CCC(NC(=O)N[C@@H](Cc1ccc(NC(=O)N2CCN(C(=O)c3cc(C(=O)N4CCN(C(=O)Nc5ccc(C[C@H](NC(=O)N[C@@H](CCC(=O)O)C(=O)O)C(=O)O)cc5)CC4)cc(-n4cc(CCCF)nn4)c3)CC2)cc1)C(=O)O)C(=O)O. The van der Waals surface area contributed by atoms with E-state index in [9.17, 15) is 82.4 Å². The van der Waals surface area contributed by atoms with Crippen molar-refractivity contribution in [3.05, 3.63) is 101 Å². The van der Waals surface area contributed by atoms with Crippen LogP contribution in [0.25, 0.3) is 5.69 Å². The second-order valence-corrected chi connectivity index (χ2v) is 19.6. The number of amides is 10. The molecule has 0 bridgehead atoms. The number of benzene rings is 3. The van der Waals surface area contributed by atoms with Crippen LogP contribution in [-0.2, 0) is 48.0 Å². The number of carbonyl (C=O) groups is 12. The van der Waals surface area contributed by atoms with Gasteiger partial charge >= 0.3 is 59.9 Å². The Labute approximate surface area is 482 Å². The molecule has 12 N–H and O–H groups in total. The first-order chi connectivity index (χ1) is 40.5. The number of aryl methyl sites for hydroxylation is 1. The molecule has 2 aliphatic rings. The summed E-state index contributed by atoms with van der Waals surface area (Å²) in [6, 6.07) is 7.08. The van der Waals surface area contributed by atoms with Gasteiger partial charge in [0.1, 0.15) is 24.2 Å². The molecule has 2 saturated heterocycles. The zero-order valence-corrected chi connectivity index (χ0v) is 45.3. The van der Waals surface area contributed by atoms with E-state index in [4.69, 9.17) is 10.2 Å². The van der Waals surface area contributed by atoms with Crippen molar-refractivity contribution in [1.29, 1.82) is 0 Å². The number of carboxylic acid groups (broad SMARTS) is 6. The van der Waals surface area contributed by atoms with E-state index < -0.39 is 128 Å². The quantitative estimate of drug-likeness (QED) is 0.0422. The fourth-order valence-electron chi connectivity index (χ4n) is 8.86. The molecule has 85 heavy (non-hydrogen) atoms. The van der Waals surface area contributed by atoms with Gasteiger partial charge in [-0.05, 0) is 79.3 Å². The maximum Gasteiger partial charge on any atom is 0.326 e. The molecule has 2 aliphatic heterocycles. The van der Waals surface area contributed by atoms with Gasteiger partial charge in [-0.1, -0.05) is 29.5 Å². The smallest absolute Gasteiger partial charge is 0.326 e. The lowest BCUT2D eigenvalue weighted by Gasteiger charge is -2.35. The number of carboxylic acids is 6. The first-order valence-corrected chi connectivity index (χ1v) is 26.5. The Balaban J connectivity index is 1.03. The van der Waals surface area contributed by atoms with E-state index in [1.165, 1.54) is 91.0 Å². The number of nitrogens with one attached hydrogen (secondary N) is 6. The van der Waals surface area contributed by atoms with Crippen molar-refractivity contribution >= 4 is 83.1 Å². The van der Waals surface area contributed by atoms with E-state index in [0.29, 0.717) is 33.9 Å². The molecule has 454 valence electrons. The van der Waals surface area contributed by atoms with E-state index in [2.05, 4.69) is 42.2 Å². The van der Waals surface area contributed by atoms with Crippen LogP contribution < -0.4 is 31.9 Å². The molecule has 31 nitrogen and oxygen atoms in total. The zero-order valence-electron chi connectivity index (χ0n) is 45.3. The van der Waals surface area contributed by atoms with E-state index in [1.807, 2.05) is 0 Å². The molecule has 4 atom stereocenters. The summed E-state index contributed by atoms with van der Waals surface area (Å²) in [7, 11) is 0. The van der Waals surface area contributed by atoms with Crippen LogP contribution in [0.5, 0.6) is 0 Å². The predicted octanol–water partition coefficient (Wildman–Crippen LogP) is 1.38. The van der Waals surface area contributed by atoms with E-state index in [1.54, 1.807) is 6.20 Å². The largest absolute Gasteiger partial charge is 0.481 e. The van der Waals surface area contributed by atoms with Crippen molar-refractivity contribution in [3.63, 3.8) is 0 Å². The van der Waals surface area contributed by atoms with E-state index in [0.717, 1.165) is 0 Å². The highest BCUT2D eigenvalue weighted by Crippen LogP contribution is 2.22. The topological polar surface area (TPSA) is 442 Å². The molecule has 3 aromatic carbocycles. The molecule has 3 heterocycles. The summed E-state index contributed by atoms with van der Waals surface area (Å²) in [5, 5.41) is 78.1. The highest BCUT2D eigenvalue weighted by Gasteiger charge is 2.31. The number of nitrogens with zero attached hydrogens (tertiary/aromatic N) is 7. The zero-order chi connectivity index (χ0) is 61.9. The first kappa shape index (κ1) is 63.7. The van der Waals surface area contributed by atoms with Crippen LogP contribution >= 0.6 is 0 Å². The van der Waals surface area contributed by atoms with Gasteiger partial charge < -0.3 is 82.1 Å². The number of carbonyl (C=O) groups excluding carboxylic acids is 6. The van der Waals surface area contributed by atoms with Crippen molar-refractivity contribution < 1.29 is 92.6 Å². The lowest BCUT2D eigenvalue weighted by molar-refractivity contribution is -0.142. The molecule has 10 amide bonds. The number of hydrogen-bond acceptors (Lipinski definition) is 14. The Morgan fingerprint density at radius 3 is 1.21 bits per heavy atom. The van der Waals surface area contributed by atoms with Crippen molar-refractivity contribution in [2.24, 2.45) is 0 Å². The van der Waals surface area contributed by atoms with Crippen LogP contribution in [0.2, 0.25) is 0 Å². The van der Waals surface area contributed by atoms with Crippen LogP contribution in [-0.4, -0.2) is 220 Å². The Hall–Kier alpha value is -10.4. The Morgan fingerprint density at radius 1 is 0.494 bits per heavy atom. The number of alkyl halides is 1. The Morgan fingerprint density at radius 2 is 0.859 bits per heavy atom. The van der Waals surface area contributed by atoms with E-state index in [-0.39, 0.29) is 89.2 Å². The van der Waals surface area contributed by atoms with Gasteiger partial charge in [-0.25, -0.2) is 43.0 Å². The molecule has 0 saturated carbocycles. The van der Waals surface area contributed by atoms with Crippen molar-refractivity contribution in [3.8, 4) is 5.69 Å². The molecule has 32 heteroatoms. The molecular formula is C53H62FN13O18. The van der Waals surface area contributed by atoms with E-state index >= 15 is 0 Å². The Bertz CT molecular complexity index is 2950. The maximum absolute atomic E-state index is 14.2. The second kappa shape index (κ2) is 30.0. The summed E-state index contributed by atoms with van der Waals surface area (Å²) >= 11 is 0. The number of halogens is 1. The Kier molecular flexibility index (Phi) is 22.5. The van der Waals surface area contributed by atoms with Gasteiger partial charge in [-0.3, -0.25) is 23.6 Å². The number of piperazine rings is 2. The second-order valence-electron chi connectivity index (χ2n) is 19.6. The molecule has 0 radical (unpaired) electrons. The third-order valence-electron chi connectivity index (χ3n) is 13.5. The molecule has 1 aromatic heterocycles. The number of hydrogen-bond donors (Lipinski definition) is 12. The van der Waals surface area contributed by atoms with Gasteiger partial charge in [0.15, 0.2) is 0 Å². The number of rotatable bonds is 26. The summed E-state index contributed by atoms with van der Waals surface area (Å²) in [4.78, 5) is 155. The fraction of sp³-hybridized carbons (Fsp3) is 0.396. The summed E-state index contributed by atoms with van der Waals surface area (Å²) in [5.74, 6) is -9.38. The number of urea groups is 4. The number of anilines is 2. The molecule has 1 unspecified atom stereocenters. The molecular weight excluding hydrogens is 1130 g/mol. The van der Waals surface area contributed by atoms with Gasteiger partial charge in [0.2, 0.25) is 0 Å². The van der Waals surface area contributed by atoms with Crippen LogP contribution in [0, 0.1) is 0 Å². The number of aliphatic carboxylic acids is 6. The summed E-state index contributed by atoms with van der Waals surface area (Å²) in [5.41, 5.74) is 2.52. The lowest BCUT2D eigenvalue weighted by atomic mass is 10.1. The summed E-state index contributed by atoms with van der Waals surface area (Å²) < 4.78 is 14.4. The van der Waals surface area contributed by atoms with Crippen molar-refractivity contribution in [1.82, 2.24) is 55.9 Å². The molecule has 0 spiro atoms. The molecule has 6 rings (SSSR count). The standard InChI is InChI=1S/C53H62FN13O18/c54-15-1-2-36-29-67(62-61-36)37-27-32(44(72)63-16-20-65(21-17-63)52(84)55-34-7-3-30(4-8-34)24-40(48(78)79)59-50(82)57-38(46(74)75)11-13-42(68)69)26-33(28-37)45(73)64-18-22-66(23-19-64)53(85)56-35-9-5-31(6-10-35)25-41(49(80)81)60-51(83)58-39(47(76)77)12-14-43(70)71/h3-10,26-29,38-41H,1-2,11-25H2,(H,55,84)(H,56,85)(H,68,69)(H,70,71)(H,74,75)(H,76,77)(H,78,79)(H,80,81)(H2,57,59,82)(H2,58,60,83)/t38-,39?,40-,41-/m0/s1. The summed E-state index contributed by atoms with van der Waals surface area (Å²) in [6.07, 6.45) is -0.410. The van der Waals surface area contributed by atoms with Crippen molar-refractivity contribution in [2.75, 3.05) is 69.7 Å². The monoisotopic (exact) mass is 1190 g/mol. The van der Waals surface area contributed by atoms with Crippen LogP contribution in [0.15, 0.2) is 72.9 Å². The summed E-state index contributed by atoms with van der Waals surface area (Å²) in [6.45, 7) is 0.192. The van der Waals surface area contributed by atoms with Gasteiger partial charge in [0, 0.05) is 101 Å². The normalized spacial score (nSPS) is 14.6. The maximum atomic E-state index is 14.2. The minimum atomic E-state index is -1.58. The fourth-order valence-corrected chi connectivity index (χ4v) is 8.86.